The minimum atomic E-state index is 0.0598. The third-order valence-electron chi connectivity index (χ3n) is 6.57. The number of H-pyrrole nitrogens is 2. The molecule has 1 aromatic carbocycles. The van der Waals surface area contributed by atoms with Gasteiger partial charge in [-0.1, -0.05) is 44.2 Å². The van der Waals surface area contributed by atoms with E-state index in [4.69, 9.17) is 9.98 Å². The number of hydrogen-bond acceptors (Lipinski definition) is 2. The van der Waals surface area contributed by atoms with Gasteiger partial charge in [-0.15, -0.1) is 0 Å². The van der Waals surface area contributed by atoms with Gasteiger partial charge in [0.1, 0.15) is 0 Å². The van der Waals surface area contributed by atoms with Gasteiger partial charge < -0.3 is 9.97 Å². The summed E-state index contributed by atoms with van der Waals surface area (Å²) in [6.07, 6.45) is 8.36. The third-order valence-corrected chi connectivity index (χ3v) is 7.03. The molecule has 2 aromatic heterocycles. The number of rotatable bonds is 6. The van der Waals surface area contributed by atoms with Crippen LogP contribution in [0.4, 0.5) is 0 Å². The van der Waals surface area contributed by atoms with Crippen molar-refractivity contribution in [2.24, 2.45) is 15.4 Å². The van der Waals surface area contributed by atoms with Crippen LogP contribution in [0.3, 0.4) is 0 Å². The number of allylic oxidation sites excluding steroid dienone is 2. The van der Waals surface area contributed by atoms with Gasteiger partial charge >= 0.3 is 0 Å². The number of nitrogens with one attached hydrogen (secondary N) is 2. The van der Waals surface area contributed by atoms with E-state index in [-0.39, 0.29) is 11.3 Å². The highest BCUT2D eigenvalue weighted by Crippen LogP contribution is 2.36. The van der Waals surface area contributed by atoms with Crippen molar-refractivity contribution in [2.75, 3.05) is 0 Å². The molecule has 33 heavy (non-hydrogen) atoms. The Morgan fingerprint density at radius 3 is 2.58 bits per heavy atom. The highest BCUT2D eigenvalue weighted by atomic mass is 79.9. The van der Waals surface area contributed by atoms with Crippen molar-refractivity contribution < 1.29 is 0 Å². The SMILES string of the molecule is CC1=NC(Cc2ccc(/C=C3/C=CC(C(c4ccccc4)c4ccc(Br)[nH]4)=N3)[nH]2)C(C)(C)C1. The van der Waals surface area contributed by atoms with Crippen LogP contribution in [0.2, 0.25) is 0 Å². The molecule has 0 saturated heterocycles. The third kappa shape index (κ3) is 4.74. The molecule has 0 radical (unpaired) electrons. The molecule has 0 saturated carbocycles. The first-order chi connectivity index (χ1) is 15.9. The lowest BCUT2D eigenvalue weighted by atomic mass is 9.81. The summed E-state index contributed by atoms with van der Waals surface area (Å²) in [7, 11) is 0. The predicted octanol–water partition coefficient (Wildman–Crippen LogP) is 7.09. The molecular weight excluding hydrogens is 472 g/mol. The zero-order chi connectivity index (χ0) is 23.0. The summed E-state index contributed by atoms with van der Waals surface area (Å²) < 4.78 is 0.973. The Morgan fingerprint density at radius 2 is 1.88 bits per heavy atom. The fraction of sp³-hybridized carbons (Fsp3) is 0.286. The lowest BCUT2D eigenvalue weighted by Crippen LogP contribution is -2.25. The van der Waals surface area contributed by atoms with E-state index >= 15 is 0 Å². The van der Waals surface area contributed by atoms with E-state index in [1.807, 2.05) is 12.1 Å². The first-order valence-corrected chi connectivity index (χ1v) is 12.3. The van der Waals surface area contributed by atoms with E-state index < -0.39 is 0 Å². The van der Waals surface area contributed by atoms with Crippen molar-refractivity contribution in [1.29, 1.82) is 0 Å². The zero-order valence-corrected chi connectivity index (χ0v) is 20.9. The van der Waals surface area contributed by atoms with E-state index in [0.29, 0.717) is 6.04 Å². The second kappa shape index (κ2) is 8.79. The Balaban J connectivity index is 1.37. The maximum Gasteiger partial charge on any atom is 0.0822 e. The number of nitrogens with zero attached hydrogens (tertiary/aromatic N) is 2. The molecule has 0 spiro atoms. The van der Waals surface area contributed by atoms with Crippen LogP contribution >= 0.6 is 15.9 Å². The molecule has 0 fully saturated rings. The molecular formula is C28H29BrN4. The second-order valence-electron chi connectivity index (χ2n) is 9.73. The van der Waals surface area contributed by atoms with Gasteiger partial charge in [0.05, 0.1) is 28.0 Å². The Morgan fingerprint density at radius 1 is 1.06 bits per heavy atom. The molecule has 2 aliphatic rings. The van der Waals surface area contributed by atoms with Crippen molar-refractivity contribution in [3.05, 3.63) is 99.7 Å². The van der Waals surface area contributed by atoms with Crippen LogP contribution in [0.1, 0.15) is 55.8 Å². The number of aromatic amines is 2. The van der Waals surface area contributed by atoms with Gasteiger partial charge in [-0.2, -0.15) is 0 Å². The van der Waals surface area contributed by atoms with Crippen molar-refractivity contribution in [1.82, 2.24) is 9.97 Å². The molecule has 168 valence electrons. The topological polar surface area (TPSA) is 56.3 Å². The molecule has 5 heteroatoms. The van der Waals surface area contributed by atoms with Crippen molar-refractivity contribution >= 4 is 33.4 Å². The molecule has 4 nitrogen and oxygen atoms in total. The monoisotopic (exact) mass is 500 g/mol. The predicted molar refractivity (Wildman–Crippen MR) is 141 cm³/mol. The van der Waals surface area contributed by atoms with Crippen LogP contribution in [0.25, 0.3) is 6.08 Å². The van der Waals surface area contributed by atoms with Gasteiger partial charge in [0.25, 0.3) is 0 Å². The lowest BCUT2D eigenvalue weighted by Gasteiger charge is -2.24. The molecule has 0 bridgehead atoms. The highest BCUT2D eigenvalue weighted by Gasteiger charge is 2.35. The standard InChI is InChI=1S/C28H29BrN4/c1-18-17-28(2,3)25(30-18)16-22-10-9-20(31-22)15-21-11-12-23(32-21)27(19-7-5-4-6-8-19)24-13-14-26(29)33-24/h4-15,25,27,31,33H,16-17H2,1-3H3/b21-15-. The molecule has 5 rings (SSSR count). The molecule has 0 amide bonds. The minimum Gasteiger partial charge on any atom is -0.359 e. The van der Waals surface area contributed by atoms with E-state index in [2.05, 4.69) is 107 Å². The minimum absolute atomic E-state index is 0.0598. The molecule has 2 N–H and O–H groups in total. The van der Waals surface area contributed by atoms with Gasteiger partial charge in [-0.3, -0.25) is 9.98 Å². The molecule has 2 aliphatic heterocycles. The summed E-state index contributed by atoms with van der Waals surface area (Å²) in [5, 5.41) is 0. The largest absolute Gasteiger partial charge is 0.359 e. The Bertz CT molecular complexity index is 1270. The first kappa shape index (κ1) is 21.9. The summed E-state index contributed by atoms with van der Waals surface area (Å²) in [5.74, 6) is 0.0598. The zero-order valence-electron chi connectivity index (χ0n) is 19.3. The fourth-order valence-electron chi connectivity index (χ4n) is 4.96. The maximum absolute atomic E-state index is 4.98. The van der Waals surface area contributed by atoms with Gasteiger partial charge in [0, 0.05) is 29.2 Å². The smallest absolute Gasteiger partial charge is 0.0822 e. The van der Waals surface area contributed by atoms with Crippen LogP contribution in [0.5, 0.6) is 0 Å². The highest BCUT2D eigenvalue weighted by molar-refractivity contribution is 9.10. The lowest BCUT2D eigenvalue weighted by molar-refractivity contribution is 0.320. The number of hydrogen-bond donors (Lipinski definition) is 2. The van der Waals surface area contributed by atoms with E-state index in [1.54, 1.807) is 0 Å². The van der Waals surface area contributed by atoms with E-state index in [9.17, 15) is 0 Å². The number of aliphatic imine (C=N–C) groups is 2. The van der Waals surface area contributed by atoms with Crippen molar-refractivity contribution in [3.63, 3.8) is 0 Å². The molecule has 2 unspecified atom stereocenters. The molecule has 2 atom stereocenters. The van der Waals surface area contributed by atoms with Gasteiger partial charge in [-0.05, 0) is 82.7 Å². The quantitative estimate of drug-likeness (QED) is 0.362. The van der Waals surface area contributed by atoms with E-state index in [0.717, 1.165) is 40.2 Å². The average molecular weight is 501 g/mol. The summed E-state index contributed by atoms with van der Waals surface area (Å²) in [5.41, 5.74) is 8.11. The maximum atomic E-state index is 4.98. The van der Waals surface area contributed by atoms with Crippen LogP contribution < -0.4 is 0 Å². The van der Waals surface area contributed by atoms with Crippen LogP contribution in [-0.2, 0) is 6.42 Å². The van der Waals surface area contributed by atoms with Gasteiger partial charge in [0.2, 0.25) is 0 Å². The second-order valence-corrected chi connectivity index (χ2v) is 10.6. The van der Waals surface area contributed by atoms with Crippen LogP contribution in [0, 0.1) is 5.41 Å². The summed E-state index contributed by atoms with van der Waals surface area (Å²) in [6, 6.07) is 19.3. The number of benzene rings is 1. The molecule has 0 aliphatic carbocycles. The Labute approximate surface area is 203 Å². The van der Waals surface area contributed by atoms with Crippen molar-refractivity contribution in [2.45, 2.75) is 45.6 Å². The van der Waals surface area contributed by atoms with Crippen LogP contribution in [0.15, 0.2) is 87.0 Å². The van der Waals surface area contributed by atoms with Crippen molar-refractivity contribution in [3.8, 4) is 0 Å². The van der Waals surface area contributed by atoms with Crippen LogP contribution in [-0.4, -0.2) is 27.4 Å². The van der Waals surface area contributed by atoms with E-state index in [1.165, 1.54) is 17.0 Å². The van der Waals surface area contributed by atoms with Gasteiger partial charge in [0.15, 0.2) is 0 Å². The number of aromatic nitrogens is 2. The normalized spacial score (nSPS) is 21.5. The first-order valence-electron chi connectivity index (χ1n) is 11.5. The Kier molecular flexibility index (Phi) is 5.83. The number of halogens is 1. The Hall–Kier alpha value is -2.92. The molecule has 3 aromatic rings. The summed E-state index contributed by atoms with van der Waals surface area (Å²) in [6.45, 7) is 6.77. The summed E-state index contributed by atoms with van der Waals surface area (Å²) in [4.78, 5) is 16.9. The molecule has 4 heterocycles. The average Bonchev–Trinajstić information content (AvgIpc) is 3.55. The fourth-order valence-corrected chi connectivity index (χ4v) is 5.32. The summed E-state index contributed by atoms with van der Waals surface area (Å²) >= 11 is 3.54. The van der Waals surface area contributed by atoms with Gasteiger partial charge in [-0.25, -0.2) is 0 Å².